The van der Waals surface area contributed by atoms with Gasteiger partial charge in [-0.05, 0) is 13.0 Å². The Labute approximate surface area is 71.1 Å². The van der Waals surface area contributed by atoms with E-state index in [4.69, 9.17) is 0 Å². The molecular weight excluding hydrogens is 148 g/mol. The Hall–Kier alpha value is -1.57. The van der Waals surface area contributed by atoms with Crippen molar-refractivity contribution in [1.82, 2.24) is 9.78 Å². The third-order valence-electron chi connectivity index (χ3n) is 1.80. The molecular formula is C10H10N2. The Balaban J connectivity index is 2.70. The van der Waals surface area contributed by atoms with E-state index in [2.05, 4.69) is 11.7 Å². The van der Waals surface area contributed by atoms with E-state index >= 15 is 0 Å². The Morgan fingerprint density at radius 2 is 2.17 bits per heavy atom. The molecule has 0 amide bonds. The van der Waals surface area contributed by atoms with Crippen LogP contribution in [0.2, 0.25) is 0 Å². The van der Waals surface area contributed by atoms with Crippen LogP contribution in [0.15, 0.2) is 37.0 Å². The summed E-state index contributed by atoms with van der Waals surface area (Å²) in [6.45, 7) is 5.76. The van der Waals surface area contributed by atoms with E-state index in [-0.39, 0.29) is 0 Å². The lowest BCUT2D eigenvalue weighted by Gasteiger charge is -1.94. The molecule has 2 aromatic rings. The SMILES string of the molecule is C=C(C)n1cc2ccccc2n1. The Morgan fingerprint density at radius 3 is 2.83 bits per heavy atom. The fraction of sp³-hybridized carbons (Fsp3) is 0.100. The zero-order valence-electron chi connectivity index (χ0n) is 6.99. The lowest BCUT2D eigenvalue weighted by molar-refractivity contribution is 0.915. The highest BCUT2D eigenvalue weighted by molar-refractivity contribution is 5.78. The number of allylic oxidation sites excluding steroid dienone is 1. The van der Waals surface area contributed by atoms with Crippen LogP contribution < -0.4 is 0 Å². The standard InChI is InChI=1S/C10H10N2/c1-8(2)12-7-9-5-3-4-6-10(9)11-12/h3-7H,1H2,2H3. The van der Waals surface area contributed by atoms with Crippen LogP contribution in [0.5, 0.6) is 0 Å². The Bertz CT molecular complexity index is 393. The second-order valence-electron chi connectivity index (χ2n) is 2.87. The highest BCUT2D eigenvalue weighted by Gasteiger charge is 1.97. The second kappa shape index (κ2) is 2.48. The zero-order valence-corrected chi connectivity index (χ0v) is 6.99. The summed E-state index contributed by atoms with van der Waals surface area (Å²) in [6, 6.07) is 8.03. The van der Waals surface area contributed by atoms with Crippen LogP contribution in [0.1, 0.15) is 6.92 Å². The lowest BCUT2D eigenvalue weighted by atomic mass is 10.3. The van der Waals surface area contributed by atoms with Crippen molar-refractivity contribution in [2.75, 3.05) is 0 Å². The topological polar surface area (TPSA) is 17.8 Å². The van der Waals surface area contributed by atoms with Gasteiger partial charge in [0, 0.05) is 17.3 Å². The minimum atomic E-state index is 0.936. The van der Waals surface area contributed by atoms with Gasteiger partial charge in [0.25, 0.3) is 0 Å². The third kappa shape index (κ3) is 1.01. The summed E-state index contributed by atoms with van der Waals surface area (Å²) in [5.41, 5.74) is 1.95. The smallest absolute Gasteiger partial charge is 0.0927 e. The first kappa shape index (κ1) is 7.10. The number of fused-ring (bicyclic) bond motifs is 1. The van der Waals surface area contributed by atoms with Gasteiger partial charge in [0.1, 0.15) is 0 Å². The summed E-state index contributed by atoms with van der Waals surface area (Å²) >= 11 is 0. The molecule has 2 heteroatoms. The lowest BCUT2D eigenvalue weighted by Crippen LogP contribution is -1.90. The fourth-order valence-corrected chi connectivity index (χ4v) is 1.16. The van der Waals surface area contributed by atoms with Crippen LogP contribution in [0.4, 0.5) is 0 Å². The van der Waals surface area contributed by atoms with E-state index in [1.165, 1.54) is 0 Å². The summed E-state index contributed by atoms with van der Waals surface area (Å²) < 4.78 is 1.80. The average molecular weight is 158 g/mol. The van der Waals surface area contributed by atoms with Gasteiger partial charge in [0.05, 0.1) is 5.52 Å². The molecule has 0 saturated carbocycles. The minimum Gasteiger partial charge on any atom is -0.245 e. The predicted octanol–water partition coefficient (Wildman–Crippen LogP) is 2.53. The molecule has 0 atom stereocenters. The molecule has 0 aliphatic rings. The number of hydrogen-bond donors (Lipinski definition) is 0. The minimum absolute atomic E-state index is 0.936. The highest BCUT2D eigenvalue weighted by Crippen LogP contribution is 2.12. The first-order valence-corrected chi connectivity index (χ1v) is 3.87. The molecule has 2 nitrogen and oxygen atoms in total. The van der Waals surface area contributed by atoms with E-state index in [0.29, 0.717) is 0 Å². The number of nitrogens with zero attached hydrogens (tertiary/aromatic N) is 2. The molecule has 1 heterocycles. The van der Waals surface area contributed by atoms with Crippen molar-refractivity contribution in [3.05, 3.63) is 37.0 Å². The molecule has 0 N–H and O–H groups in total. The average Bonchev–Trinajstić information content (AvgIpc) is 2.46. The number of benzene rings is 1. The van der Waals surface area contributed by atoms with Crippen LogP contribution in [0.3, 0.4) is 0 Å². The molecule has 0 spiro atoms. The third-order valence-corrected chi connectivity index (χ3v) is 1.80. The van der Waals surface area contributed by atoms with Crippen molar-refractivity contribution in [3.63, 3.8) is 0 Å². The van der Waals surface area contributed by atoms with Gasteiger partial charge < -0.3 is 0 Å². The molecule has 0 aliphatic carbocycles. The zero-order chi connectivity index (χ0) is 8.55. The van der Waals surface area contributed by atoms with E-state index < -0.39 is 0 Å². The summed E-state index contributed by atoms with van der Waals surface area (Å²) in [7, 11) is 0. The monoisotopic (exact) mass is 158 g/mol. The number of aromatic nitrogens is 2. The molecule has 0 saturated heterocycles. The molecule has 0 unspecified atom stereocenters. The molecule has 1 aromatic carbocycles. The molecule has 0 radical (unpaired) electrons. The normalized spacial score (nSPS) is 10.4. The van der Waals surface area contributed by atoms with Gasteiger partial charge in [-0.25, -0.2) is 4.68 Å². The van der Waals surface area contributed by atoms with Gasteiger partial charge in [-0.3, -0.25) is 0 Å². The van der Waals surface area contributed by atoms with Gasteiger partial charge in [0.15, 0.2) is 0 Å². The molecule has 2 rings (SSSR count). The van der Waals surface area contributed by atoms with E-state index in [1.807, 2.05) is 37.4 Å². The number of rotatable bonds is 1. The largest absolute Gasteiger partial charge is 0.245 e. The molecule has 60 valence electrons. The van der Waals surface area contributed by atoms with Crippen LogP contribution in [0, 0.1) is 0 Å². The summed E-state index contributed by atoms with van der Waals surface area (Å²) in [5, 5.41) is 5.48. The first-order valence-electron chi connectivity index (χ1n) is 3.87. The molecule has 0 bridgehead atoms. The Morgan fingerprint density at radius 1 is 1.42 bits per heavy atom. The van der Waals surface area contributed by atoms with Crippen molar-refractivity contribution < 1.29 is 0 Å². The van der Waals surface area contributed by atoms with Crippen LogP contribution >= 0.6 is 0 Å². The summed E-state index contributed by atoms with van der Waals surface area (Å²) in [5.74, 6) is 0. The van der Waals surface area contributed by atoms with Gasteiger partial charge in [-0.1, -0.05) is 24.8 Å². The van der Waals surface area contributed by atoms with Crippen molar-refractivity contribution in [1.29, 1.82) is 0 Å². The summed E-state index contributed by atoms with van der Waals surface area (Å²) in [4.78, 5) is 0. The first-order chi connectivity index (χ1) is 5.77. The van der Waals surface area contributed by atoms with Crippen LogP contribution in [0.25, 0.3) is 16.6 Å². The molecule has 0 aliphatic heterocycles. The highest BCUT2D eigenvalue weighted by atomic mass is 15.3. The van der Waals surface area contributed by atoms with Gasteiger partial charge >= 0.3 is 0 Å². The van der Waals surface area contributed by atoms with Crippen molar-refractivity contribution >= 4 is 16.6 Å². The maximum Gasteiger partial charge on any atom is 0.0927 e. The molecule has 0 fully saturated rings. The van der Waals surface area contributed by atoms with Gasteiger partial charge in [-0.2, -0.15) is 5.10 Å². The molecule has 12 heavy (non-hydrogen) atoms. The van der Waals surface area contributed by atoms with E-state index in [0.717, 1.165) is 16.6 Å². The quantitative estimate of drug-likeness (QED) is 0.623. The van der Waals surface area contributed by atoms with Crippen LogP contribution in [-0.2, 0) is 0 Å². The Kier molecular flexibility index (Phi) is 1.47. The molecule has 1 aromatic heterocycles. The maximum absolute atomic E-state index is 4.33. The number of hydrogen-bond acceptors (Lipinski definition) is 1. The van der Waals surface area contributed by atoms with Gasteiger partial charge in [-0.15, -0.1) is 0 Å². The van der Waals surface area contributed by atoms with E-state index in [9.17, 15) is 0 Å². The van der Waals surface area contributed by atoms with Crippen molar-refractivity contribution in [2.24, 2.45) is 0 Å². The maximum atomic E-state index is 4.33. The van der Waals surface area contributed by atoms with Crippen molar-refractivity contribution in [2.45, 2.75) is 6.92 Å². The fourth-order valence-electron chi connectivity index (χ4n) is 1.16. The summed E-state index contributed by atoms with van der Waals surface area (Å²) in [6.07, 6.45) is 1.98. The van der Waals surface area contributed by atoms with Gasteiger partial charge in [0.2, 0.25) is 0 Å². The van der Waals surface area contributed by atoms with E-state index in [1.54, 1.807) is 4.68 Å². The van der Waals surface area contributed by atoms with Crippen LogP contribution in [-0.4, -0.2) is 9.78 Å². The predicted molar refractivity (Wildman–Crippen MR) is 50.7 cm³/mol. The van der Waals surface area contributed by atoms with Crippen molar-refractivity contribution in [3.8, 4) is 0 Å². The second-order valence-corrected chi connectivity index (χ2v) is 2.87.